The van der Waals surface area contributed by atoms with Crippen molar-refractivity contribution in [2.45, 2.75) is 6.92 Å². The van der Waals surface area contributed by atoms with Gasteiger partial charge < -0.3 is 9.30 Å². The molecule has 216 valence electrons. The molecule has 3 heterocycles. The first-order chi connectivity index (χ1) is 21.1. The van der Waals surface area contributed by atoms with Gasteiger partial charge in [0.1, 0.15) is 5.82 Å². The minimum Gasteiger partial charge on any atom is -0.508 e. The molecule has 0 saturated carbocycles. The minimum atomic E-state index is 0. The number of nitrogens with zero attached hydrogens (tertiary/aromatic N) is 4. The van der Waals surface area contributed by atoms with Crippen molar-refractivity contribution < 1.29 is 25.8 Å². The summed E-state index contributed by atoms with van der Waals surface area (Å²) in [4.78, 5) is 4.81. The Morgan fingerprint density at radius 2 is 1.45 bits per heavy atom. The molecule has 0 aliphatic heterocycles. The first-order valence-electron chi connectivity index (χ1n) is 14.3. The zero-order valence-corrected chi connectivity index (χ0v) is 26.4. The summed E-state index contributed by atoms with van der Waals surface area (Å²) < 4.78 is 12.8. The molecule has 0 N–H and O–H groups in total. The summed E-state index contributed by atoms with van der Waals surface area (Å²) >= 11 is 0. The predicted molar refractivity (Wildman–Crippen MR) is 173 cm³/mol. The molecule has 0 bridgehead atoms. The molecule has 3 aromatic heterocycles. The Morgan fingerprint density at radius 3 is 2.32 bits per heavy atom. The summed E-state index contributed by atoms with van der Waals surface area (Å²) in [5, 5.41) is 2.24. The van der Waals surface area contributed by atoms with Crippen molar-refractivity contribution in [3.8, 4) is 34.1 Å². The van der Waals surface area contributed by atoms with E-state index < -0.39 is 0 Å². The van der Waals surface area contributed by atoms with Gasteiger partial charge >= 0.3 is 0 Å². The monoisotopic (exact) mass is 750 g/mol. The maximum Gasteiger partial charge on any atom is 0.188 e. The molecule has 6 heteroatoms. The number of imidazole rings is 1. The number of hydrogen-bond donors (Lipinski definition) is 0. The van der Waals surface area contributed by atoms with Crippen molar-refractivity contribution in [2.75, 3.05) is 0 Å². The van der Waals surface area contributed by atoms with Gasteiger partial charge in [0.25, 0.3) is 0 Å². The van der Waals surface area contributed by atoms with Crippen molar-refractivity contribution >= 4 is 32.8 Å². The maximum absolute atomic E-state index is 6.40. The summed E-state index contributed by atoms with van der Waals surface area (Å²) in [6.45, 7) is 2.14. The molecule has 0 unspecified atom stereocenters. The Labute approximate surface area is 269 Å². The molecule has 0 radical (unpaired) electrons. The second kappa shape index (κ2) is 11.3. The van der Waals surface area contributed by atoms with Crippen molar-refractivity contribution in [2.24, 2.45) is 7.05 Å². The average Bonchev–Trinajstić information content (AvgIpc) is 3.56. The molecule has 0 spiro atoms. The zero-order chi connectivity index (χ0) is 28.9. The van der Waals surface area contributed by atoms with E-state index in [1.807, 2.05) is 43.6 Å². The Kier molecular flexibility index (Phi) is 7.12. The van der Waals surface area contributed by atoms with Gasteiger partial charge in [-0.15, -0.1) is 29.7 Å². The summed E-state index contributed by atoms with van der Waals surface area (Å²) in [5.74, 6) is 2.07. The fourth-order valence-corrected chi connectivity index (χ4v) is 5.99. The van der Waals surface area contributed by atoms with Crippen LogP contribution in [-0.2, 0) is 28.1 Å². The number of fused-ring (bicyclic) bond motifs is 4. The average molecular weight is 751 g/mol. The molecular weight excluding hydrogens is 724 g/mol. The molecule has 0 fully saturated rings. The van der Waals surface area contributed by atoms with E-state index in [0.29, 0.717) is 11.5 Å². The molecule has 0 aliphatic rings. The summed E-state index contributed by atoms with van der Waals surface area (Å²) in [6.07, 6.45) is 3.94. The number of ether oxygens (including phenoxy) is 1. The largest absolute Gasteiger partial charge is 0.508 e. The molecule has 5 aromatic carbocycles. The fourth-order valence-electron chi connectivity index (χ4n) is 5.99. The number of rotatable bonds is 5. The molecule has 8 rings (SSSR count). The van der Waals surface area contributed by atoms with Gasteiger partial charge in [0.15, 0.2) is 17.4 Å². The summed E-state index contributed by atoms with van der Waals surface area (Å²) in [5.41, 5.74) is 8.68. The van der Waals surface area contributed by atoms with Gasteiger partial charge in [-0.1, -0.05) is 54.0 Å². The molecule has 8 aromatic rings. The van der Waals surface area contributed by atoms with Crippen LogP contribution >= 0.6 is 0 Å². The Balaban J connectivity index is 0.00000312. The van der Waals surface area contributed by atoms with Gasteiger partial charge in [0.2, 0.25) is 0 Å². The van der Waals surface area contributed by atoms with E-state index in [1.54, 1.807) is 0 Å². The van der Waals surface area contributed by atoms with E-state index >= 15 is 0 Å². The molecule has 0 atom stereocenters. The van der Waals surface area contributed by atoms with Crippen LogP contribution in [-0.4, -0.2) is 18.7 Å². The summed E-state index contributed by atoms with van der Waals surface area (Å²) in [7, 11) is 2.05. The fraction of sp³-hybridized carbons (Fsp3) is 0.0526. The molecule has 44 heavy (non-hydrogen) atoms. The quantitative estimate of drug-likeness (QED) is 0.165. The molecule has 0 aliphatic carbocycles. The first kappa shape index (κ1) is 27.8. The first-order valence-corrected chi connectivity index (χ1v) is 14.3. The van der Waals surface area contributed by atoms with Crippen molar-refractivity contribution in [3.05, 3.63) is 145 Å². The predicted octanol–water partition coefficient (Wildman–Crippen LogP) is 9.11. The van der Waals surface area contributed by atoms with Crippen molar-refractivity contribution in [1.82, 2.24) is 18.7 Å². The van der Waals surface area contributed by atoms with E-state index in [2.05, 4.69) is 124 Å². The van der Waals surface area contributed by atoms with Crippen LogP contribution in [0.1, 0.15) is 5.56 Å². The maximum atomic E-state index is 6.40. The topological polar surface area (TPSA) is 36.9 Å². The van der Waals surface area contributed by atoms with Crippen LogP contribution in [0.3, 0.4) is 0 Å². The van der Waals surface area contributed by atoms with Gasteiger partial charge in [0, 0.05) is 69.1 Å². The smallest absolute Gasteiger partial charge is 0.188 e. The van der Waals surface area contributed by atoms with Gasteiger partial charge in [-0.25, -0.2) is 14.1 Å². The van der Waals surface area contributed by atoms with Crippen LogP contribution < -0.4 is 4.74 Å². The van der Waals surface area contributed by atoms with Crippen LogP contribution in [0.2, 0.25) is 0 Å². The van der Waals surface area contributed by atoms with E-state index in [-0.39, 0.29) is 21.1 Å². The Hall–Kier alpha value is -4.99. The minimum absolute atomic E-state index is 0. The van der Waals surface area contributed by atoms with Crippen molar-refractivity contribution in [3.63, 3.8) is 0 Å². The van der Waals surface area contributed by atoms with Crippen LogP contribution in [0.15, 0.2) is 128 Å². The van der Waals surface area contributed by atoms with Crippen LogP contribution in [0, 0.1) is 19.1 Å². The molecular formula is C38H27N4OPt-. The number of hydrogen-bond acceptors (Lipinski definition) is 2. The van der Waals surface area contributed by atoms with E-state index in [1.165, 1.54) is 11.1 Å². The van der Waals surface area contributed by atoms with E-state index in [9.17, 15) is 0 Å². The van der Waals surface area contributed by atoms with Crippen LogP contribution in [0.4, 0.5) is 0 Å². The SMILES string of the molecule is Cc1ccccc1-c1ccnc(-n2c3[c-]c(Oc4[c-]c(-n5[cH+]n(C)c6ccccc65)ccc4)ccc3c3ccccc32)c1.[Pt]. The Bertz CT molecular complexity index is 2320. The normalized spacial score (nSPS) is 11.2. The van der Waals surface area contributed by atoms with Crippen LogP contribution in [0.5, 0.6) is 11.5 Å². The van der Waals surface area contributed by atoms with Gasteiger partial charge in [0.05, 0.1) is 0 Å². The van der Waals surface area contributed by atoms with Crippen LogP contribution in [0.25, 0.3) is 55.5 Å². The molecule has 0 amide bonds. The van der Waals surface area contributed by atoms with Gasteiger partial charge in [-0.2, -0.15) is 12.1 Å². The number of aromatic nitrogens is 4. The summed E-state index contributed by atoms with van der Waals surface area (Å²) in [6, 6.07) is 46.4. The number of pyridine rings is 1. The molecule has 0 saturated heterocycles. The second-order valence-corrected chi connectivity index (χ2v) is 10.7. The zero-order valence-electron chi connectivity index (χ0n) is 24.1. The standard InChI is InChI=1S/C38H27N4O.Pt/c1-26-10-3-4-13-31(26)27-20-21-39-38(22-27)42-34-15-6-5-14-32(34)33-19-18-30(24-37(33)42)43-29-12-9-11-28(23-29)41-25-40(2)35-16-7-8-17-36(35)41;/h3-22,25H,1-2H3;/q-1;. The third-order valence-electron chi connectivity index (χ3n) is 8.03. The third-order valence-corrected chi connectivity index (χ3v) is 8.03. The number of para-hydroxylation sites is 3. The van der Waals surface area contributed by atoms with Gasteiger partial charge in [-0.05, 0) is 59.3 Å². The van der Waals surface area contributed by atoms with Gasteiger partial charge in [-0.3, -0.25) is 0 Å². The third kappa shape index (κ3) is 4.70. The second-order valence-electron chi connectivity index (χ2n) is 10.7. The van der Waals surface area contributed by atoms with E-state index in [0.717, 1.165) is 49.9 Å². The van der Waals surface area contributed by atoms with E-state index in [4.69, 9.17) is 9.72 Å². The molecule has 5 nitrogen and oxygen atoms in total. The van der Waals surface area contributed by atoms with Crippen molar-refractivity contribution in [1.29, 1.82) is 0 Å². The number of benzene rings is 5. The number of aryl methyl sites for hydroxylation is 2. The Morgan fingerprint density at radius 1 is 0.705 bits per heavy atom.